The third-order valence-corrected chi connectivity index (χ3v) is 5.18. The van der Waals surface area contributed by atoms with Crippen molar-refractivity contribution >= 4 is 28.4 Å². The topological polar surface area (TPSA) is 85.2 Å². The van der Waals surface area contributed by atoms with Crippen LogP contribution in [0.5, 0.6) is 0 Å². The number of benzene rings is 1. The fourth-order valence-corrected chi connectivity index (χ4v) is 3.74. The maximum atomic E-state index is 12.8. The van der Waals surface area contributed by atoms with E-state index in [0.29, 0.717) is 30.3 Å². The fourth-order valence-electron chi connectivity index (χ4n) is 3.74. The number of hydrogen-bond acceptors (Lipinski definition) is 6. The molecule has 1 N–H and O–H groups in total. The van der Waals surface area contributed by atoms with E-state index >= 15 is 0 Å². The number of anilines is 2. The number of aryl methyl sites for hydroxylation is 3. The fraction of sp³-hybridized carbons (Fsp3) is 0.429. The van der Waals surface area contributed by atoms with Crippen LogP contribution in [0.3, 0.4) is 0 Å². The van der Waals surface area contributed by atoms with Crippen LogP contribution in [0.15, 0.2) is 24.3 Å². The first-order valence-electron chi connectivity index (χ1n) is 9.81. The number of amides is 1. The van der Waals surface area contributed by atoms with Gasteiger partial charge in [-0.3, -0.25) is 9.48 Å². The molecule has 1 aliphatic rings. The molecule has 1 aromatic carbocycles. The molecule has 4 rings (SSSR count). The first kappa shape index (κ1) is 19.3. The minimum absolute atomic E-state index is 0.0270. The number of fused-ring (bicyclic) bond motifs is 1. The first-order chi connectivity index (χ1) is 13.8. The lowest BCUT2D eigenvalue weighted by atomic mass is 10.1. The molecular formula is C21H26N6O2. The van der Waals surface area contributed by atoms with Crippen LogP contribution < -0.4 is 5.32 Å². The molecular weight excluding hydrogens is 368 g/mol. The molecule has 8 nitrogen and oxygen atoms in total. The SMILES string of the molecule is Cc1nc(Nc2ccc(C(=O)N3CC(C)OC(C)C3)cc2)c2nn(C)c(C)c2n1. The molecule has 0 saturated carbocycles. The summed E-state index contributed by atoms with van der Waals surface area (Å²) >= 11 is 0. The highest BCUT2D eigenvalue weighted by atomic mass is 16.5. The van der Waals surface area contributed by atoms with Crippen molar-refractivity contribution in [3.8, 4) is 0 Å². The van der Waals surface area contributed by atoms with Crippen LogP contribution in [0.25, 0.3) is 11.0 Å². The van der Waals surface area contributed by atoms with Crippen molar-refractivity contribution < 1.29 is 9.53 Å². The number of aromatic nitrogens is 4. The van der Waals surface area contributed by atoms with Crippen LogP contribution in [-0.2, 0) is 11.8 Å². The van der Waals surface area contributed by atoms with E-state index in [1.165, 1.54) is 0 Å². The van der Waals surface area contributed by atoms with Crippen molar-refractivity contribution in [3.05, 3.63) is 41.3 Å². The highest BCUT2D eigenvalue weighted by molar-refractivity contribution is 5.95. The number of nitrogens with one attached hydrogen (secondary N) is 1. The molecule has 1 saturated heterocycles. The van der Waals surface area contributed by atoms with E-state index < -0.39 is 0 Å². The molecule has 2 unspecified atom stereocenters. The largest absolute Gasteiger partial charge is 0.372 e. The number of carbonyl (C=O) groups excluding carboxylic acids is 1. The molecule has 29 heavy (non-hydrogen) atoms. The third kappa shape index (κ3) is 3.80. The number of nitrogens with zero attached hydrogens (tertiary/aromatic N) is 5. The van der Waals surface area contributed by atoms with Crippen molar-refractivity contribution in [3.63, 3.8) is 0 Å². The van der Waals surface area contributed by atoms with Gasteiger partial charge in [0.1, 0.15) is 11.3 Å². The van der Waals surface area contributed by atoms with Gasteiger partial charge in [0.15, 0.2) is 11.3 Å². The van der Waals surface area contributed by atoms with Gasteiger partial charge in [-0.15, -0.1) is 0 Å². The van der Waals surface area contributed by atoms with E-state index in [2.05, 4.69) is 20.4 Å². The summed E-state index contributed by atoms with van der Waals surface area (Å²) in [6, 6.07) is 7.45. The second kappa shape index (κ2) is 7.44. The summed E-state index contributed by atoms with van der Waals surface area (Å²) in [5.74, 6) is 1.36. The van der Waals surface area contributed by atoms with Crippen LogP contribution in [0.4, 0.5) is 11.5 Å². The summed E-state index contributed by atoms with van der Waals surface area (Å²) in [7, 11) is 1.89. The lowest BCUT2D eigenvalue weighted by molar-refractivity contribution is -0.0586. The smallest absolute Gasteiger partial charge is 0.254 e. The molecule has 152 valence electrons. The van der Waals surface area contributed by atoms with Gasteiger partial charge in [-0.25, -0.2) is 9.97 Å². The molecule has 2 aromatic heterocycles. The third-order valence-electron chi connectivity index (χ3n) is 5.18. The van der Waals surface area contributed by atoms with Gasteiger partial charge in [-0.05, 0) is 52.0 Å². The monoisotopic (exact) mass is 394 g/mol. The van der Waals surface area contributed by atoms with Crippen molar-refractivity contribution in [1.29, 1.82) is 0 Å². The van der Waals surface area contributed by atoms with E-state index in [1.807, 2.05) is 63.9 Å². The van der Waals surface area contributed by atoms with Gasteiger partial charge in [-0.2, -0.15) is 5.10 Å². The lowest BCUT2D eigenvalue weighted by Gasteiger charge is -2.35. The van der Waals surface area contributed by atoms with Gasteiger partial charge in [-0.1, -0.05) is 0 Å². The maximum absolute atomic E-state index is 12.8. The van der Waals surface area contributed by atoms with Crippen molar-refractivity contribution in [1.82, 2.24) is 24.6 Å². The molecule has 3 aromatic rings. The summed E-state index contributed by atoms with van der Waals surface area (Å²) in [6.07, 6.45) is 0.0998. The van der Waals surface area contributed by atoms with Crippen LogP contribution >= 0.6 is 0 Å². The summed E-state index contributed by atoms with van der Waals surface area (Å²) in [5, 5.41) is 7.84. The average Bonchev–Trinajstić information content (AvgIpc) is 2.96. The number of morpholine rings is 1. The quantitative estimate of drug-likeness (QED) is 0.735. The highest BCUT2D eigenvalue weighted by Crippen LogP contribution is 2.25. The summed E-state index contributed by atoms with van der Waals surface area (Å²) in [6.45, 7) is 9.06. The minimum atomic E-state index is 0.0270. The van der Waals surface area contributed by atoms with Crippen LogP contribution in [0.2, 0.25) is 0 Å². The predicted molar refractivity (Wildman–Crippen MR) is 111 cm³/mol. The highest BCUT2D eigenvalue weighted by Gasteiger charge is 2.26. The zero-order valence-corrected chi connectivity index (χ0v) is 17.4. The van der Waals surface area contributed by atoms with Gasteiger partial charge in [0.2, 0.25) is 0 Å². The van der Waals surface area contributed by atoms with Gasteiger partial charge in [0, 0.05) is 31.4 Å². The van der Waals surface area contributed by atoms with E-state index in [4.69, 9.17) is 4.74 Å². The van der Waals surface area contributed by atoms with Crippen molar-refractivity contribution in [2.45, 2.75) is 39.9 Å². The Morgan fingerprint density at radius 3 is 2.38 bits per heavy atom. The van der Waals surface area contributed by atoms with Crippen LogP contribution in [0, 0.1) is 13.8 Å². The normalized spacial score (nSPS) is 19.6. The number of ether oxygens (including phenoxy) is 1. The molecule has 0 radical (unpaired) electrons. The molecule has 8 heteroatoms. The molecule has 3 heterocycles. The Morgan fingerprint density at radius 1 is 1.07 bits per heavy atom. The van der Waals surface area contributed by atoms with Crippen molar-refractivity contribution in [2.24, 2.45) is 7.05 Å². The number of rotatable bonds is 3. The van der Waals surface area contributed by atoms with Gasteiger partial charge >= 0.3 is 0 Å². The Hall–Kier alpha value is -3.00. The molecule has 1 fully saturated rings. The van der Waals surface area contributed by atoms with Crippen LogP contribution in [0.1, 0.15) is 35.7 Å². The molecule has 1 aliphatic heterocycles. The van der Waals surface area contributed by atoms with Gasteiger partial charge < -0.3 is 15.0 Å². The summed E-state index contributed by atoms with van der Waals surface area (Å²) < 4.78 is 7.52. The van der Waals surface area contributed by atoms with Gasteiger partial charge in [0.25, 0.3) is 5.91 Å². The van der Waals surface area contributed by atoms with E-state index in [-0.39, 0.29) is 18.1 Å². The van der Waals surface area contributed by atoms with Crippen LogP contribution in [-0.4, -0.2) is 55.9 Å². The molecule has 1 amide bonds. The second-order valence-corrected chi connectivity index (χ2v) is 7.70. The molecule has 0 spiro atoms. The van der Waals surface area contributed by atoms with E-state index in [1.54, 1.807) is 4.68 Å². The van der Waals surface area contributed by atoms with Crippen molar-refractivity contribution in [2.75, 3.05) is 18.4 Å². The number of hydrogen-bond donors (Lipinski definition) is 1. The molecule has 0 aliphatic carbocycles. The second-order valence-electron chi connectivity index (χ2n) is 7.70. The number of carbonyl (C=O) groups is 1. The van der Waals surface area contributed by atoms with E-state index in [9.17, 15) is 4.79 Å². The Morgan fingerprint density at radius 2 is 1.72 bits per heavy atom. The summed E-state index contributed by atoms with van der Waals surface area (Å²) in [4.78, 5) is 23.7. The Kier molecular flexibility index (Phi) is 4.96. The Bertz CT molecular complexity index is 1050. The predicted octanol–water partition coefficient (Wildman–Crippen LogP) is 2.97. The lowest BCUT2D eigenvalue weighted by Crippen LogP contribution is -2.48. The Balaban J connectivity index is 1.55. The zero-order chi connectivity index (χ0) is 20.7. The zero-order valence-electron chi connectivity index (χ0n) is 17.4. The standard InChI is InChI=1S/C21H26N6O2/c1-12-10-27(11-13(2)29-12)21(28)16-6-8-17(9-7-16)24-20-19-18(22-15(4)23-20)14(3)26(5)25-19/h6-9,12-13H,10-11H2,1-5H3,(H,22,23,24). The maximum Gasteiger partial charge on any atom is 0.254 e. The van der Waals surface area contributed by atoms with Gasteiger partial charge in [0.05, 0.1) is 17.9 Å². The Labute approximate surface area is 169 Å². The van der Waals surface area contributed by atoms with E-state index in [0.717, 1.165) is 22.4 Å². The molecule has 2 atom stereocenters. The summed E-state index contributed by atoms with van der Waals surface area (Å²) in [5.41, 5.74) is 4.06. The first-order valence-corrected chi connectivity index (χ1v) is 9.81. The average molecular weight is 394 g/mol. The molecule has 0 bridgehead atoms. The minimum Gasteiger partial charge on any atom is -0.372 e.